The van der Waals surface area contributed by atoms with Gasteiger partial charge in [-0.25, -0.2) is 9.78 Å². The highest BCUT2D eigenvalue weighted by atomic mass is 16.5. The Labute approximate surface area is 134 Å². The first-order valence-corrected chi connectivity index (χ1v) is 7.62. The van der Waals surface area contributed by atoms with Gasteiger partial charge in [-0.15, -0.1) is 0 Å². The number of H-pyrrole nitrogens is 1. The van der Waals surface area contributed by atoms with Gasteiger partial charge in [-0.05, 0) is 43.2 Å². The summed E-state index contributed by atoms with van der Waals surface area (Å²) in [6.45, 7) is 4.36. The maximum Gasteiger partial charge on any atom is 0.338 e. The Morgan fingerprint density at radius 3 is 2.70 bits per heavy atom. The summed E-state index contributed by atoms with van der Waals surface area (Å²) in [6, 6.07) is 11.1. The molecule has 0 fully saturated rings. The molecular formula is C18H19N3O2. The van der Waals surface area contributed by atoms with Gasteiger partial charge in [0.1, 0.15) is 5.82 Å². The lowest BCUT2D eigenvalue weighted by atomic mass is 10.1. The number of hydrogen-bond donors (Lipinski definition) is 2. The average Bonchev–Trinajstić information content (AvgIpc) is 2.96. The highest BCUT2D eigenvalue weighted by Crippen LogP contribution is 2.24. The number of nitrogens with zero attached hydrogens (tertiary/aromatic N) is 1. The van der Waals surface area contributed by atoms with Gasteiger partial charge in [0.05, 0.1) is 23.2 Å². The van der Waals surface area contributed by atoms with E-state index >= 15 is 0 Å². The molecule has 0 spiro atoms. The standard InChI is InChI=1S/C18H19N3O2/c1-3-8-23-18(22)13-6-4-12(5-7-13)17-20-15-9-11(2)14(19)10-16(15)21-17/h4-7,9-10H,3,8,19H2,1-2H3,(H,20,21). The Bertz CT molecular complexity index is 812. The van der Waals surface area contributed by atoms with E-state index in [0.29, 0.717) is 12.2 Å². The number of nitrogen functional groups attached to an aromatic ring is 1. The normalized spacial score (nSPS) is 10.9. The SMILES string of the molecule is CCCOC(=O)c1ccc(-c2nc3cc(N)c(C)cc3[nH]2)cc1. The fraction of sp³-hybridized carbons (Fsp3) is 0.222. The summed E-state index contributed by atoms with van der Waals surface area (Å²) in [4.78, 5) is 19.6. The zero-order valence-corrected chi connectivity index (χ0v) is 13.2. The number of esters is 1. The van der Waals surface area contributed by atoms with Gasteiger partial charge in [-0.1, -0.05) is 19.1 Å². The predicted octanol–water partition coefficient (Wildman–Crippen LogP) is 3.69. The number of nitrogens with two attached hydrogens (primary N) is 1. The largest absolute Gasteiger partial charge is 0.462 e. The van der Waals surface area contributed by atoms with Crippen molar-refractivity contribution in [3.8, 4) is 11.4 Å². The zero-order chi connectivity index (χ0) is 16.4. The lowest BCUT2D eigenvalue weighted by molar-refractivity contribution is 0.0505. The van der Waals surface area contributed by atoms with Gasteiger partial charge in [0.15, 0.2) is 0 Å². The van der Waals surface area contributed by atoms with E-state index in [9.17, 15) is 4.79 Å². The minimum atomic E-state index is -0.300. The van der Waals surface area contributed by atoms with E-state index < -0.39 is 0 Å². The molecule has 2 aromatic carbocycles. The van der Waals surface area contributed by atoms with E-state index in [1.807, 2.05) is 38.1 Å². The van der Waals surface area contributed by atoms with E-state index in [4.69, 9.17) is 10.5 Å². The third-order valence-electron chi connectivity index (χ3n) is 3.70. The third-order valence-corrected chi connectivity index (χ3v) is 3.70. The first-order valence-electron chi connectivity index (χ1n) is 7.62. The monoisotopic (exact) mass is 309 g/mol. The zero-order valence-electron chi connectivity index (χ0n) is 13.2. The quantitative estimate of drug-likeness (QED) is 0.569. The number of nitrogens with one attached hydrogen (secondary N) is 1. The molecule has 0 unspecified atom stereocenters. The van der Waals surface area contributed by atoms with Crippen LogP contribution in [0.2, 0.25) is 0 Å². The van der Waals surface area contributed by atoms with Crippen molar-refractivity contribution in [2.24, 2.45) is 0 Å². The van der Waals surface area contributed by atoms with Crippen LogP contribution in [0.1, 0.15) is 29.3 Å². The number of hydrogen-bond acceptors (Lipinski definition) is 4. The summed E-state index contributed by atoms with van der Waals surface area (Å²) in [7, 11) is 0. The summed E-state index contributed by atoms with van der Waals surface area (Å²) in [5.74, 6) is 0.449. The van der Waals surface area contributed by atoms with Crippen LogP contribution in [0, 0.1) is 6.92 Å². The Morgan fingerprint density at radius 2 is 2.00 bits per heavy atom. The Balaban J connectivity index is 1.88. The number of ether oxygens (including phenoxy) is 1. The Morgan fingerprint density at radius 1 is 1.26 bits per heavy atom. The van der Waals surface area contributed by atoms with Gasteiger partial charge in [-0.3, -0.25) is 0 Å². The number of aryl methyl sites for hydroxylation is 1. The van der Waals surface area contributed by atoms with E-state index in [2.05, 4.69) is 9.97 Å². The molecular weight excluding hydrogens is 290 g/mol. The number of carbonyl (C=O) groups is 1. The number of anilines is 1. The van der Waals surface area contributed by atoms with E-state index in [1.165, 1.54) is 0 Å². The minimum Gasteiger partial charge on any atom is -0.462 e. The molecule has 1 aromatic heterocycles. The molecule has 0 aliphatic rings. The third kappa shape index (κ3) is 3.04. The molecule has 0 aliphatic heterocycles. The van der Waals surface area contributed by atoms with Crippen molar-refractivity contribution in [3.63, 3.8) is 0 Å². The minimum absolute atomic E-state index is 0.300. The number of aromatic amines is 1. The van der Waals surface area contributed by atoms with Crippen molar-refractivity contribution in [1.29, 1.82) is 0 Å². The lowest BCUT2D eigenvalue weighted by Crippen LogP contribution is -2.05. The first-order chi connectivity index (χ1) is 11.1. The van der Waals surface area contributed by atoms with Gasteiger partial charge < -0.3 is 15.5 Å². The van der Waals surface area contributed by atoms with Crippen LogP contribution in [0.4, 0.5) is 5.69 Å². The topological polar surface area (TPSA) is 81.0 Å². The number of rotatable bonds is 4. The highest BCUT2D eigenvalue weighted by molar-refractivity contribution is 5.90. The number of benzene rings is 2. The van der Waals surface area contributed by atoms with Crippen LogP contribution in [0.25, 0.3) is 22.4 Å². The van der Waals surface area contributed by atoms with Crippen molar-refractivity contribution >= 4 is 22.7 Å². The van der Waals surface area contributed by atoms with E-state index in [1.54, 1.807) is 12.1 Å². The molecule has 0 atom stereocenters. The number of fused-ring (bicyclic) bond motifs is 1. The highest BCUT2D eigenvalue weighted by Gasteiger charge is 2.10. The number of carbonyl (C=O) groups excluding carboxylic acids is 1. The van der Waals surface area contributed by atoms with Crippen molar-refractivity contribution in [1.82, 2.24) is 9.97 Å². The summed E-state index contributed by atoms with van der Waals surface area (Å²) in [6.07, 6.45) is 0.811. The van der Waals surface area contributed by atoms with Crippen LogP contribution >= 0.6 is 0 Å². The Hall–Kier alpha value is -2.82. The maximum atomic E-state index is 11.8. The fourth-order valence-electron chi connectivity index (χ4n) is 2.36. The second-order valence-corrected chi connectivity index (χ2v) is 5.52. The summed E-state index contributed by atoms with van der Waals surface area (Å²) >= 11 is 0. The molecule has 0 aliphatic carbocycles. The maximum absolute atomic E-state index is 11.8. The fourth-order valence-corrected chi connectivity index (χ4v) is 2.36. The molecule has 1 heterocycles. The van der Waals surface area contributed by atoms with Crippen LogP contribution in [0.5, 0.6) is 0 Å². The molecule has 0 radical (unpaired) electrons. The van der Waals surface area contributed by atoms with Crippen LogP contribution in [0.15, 0.2) is 36.4 Å². The number of aromatic nitrogens is 2. The predicted molar refractivity (Wildman–Crippen MR) is 91.3 cm³/mol. The van der Waals surface area contributed by atoms with E-state index in [0.717, 1.165) is 40.1 Å². The van der Waals surface area contributed by atoms with E-state index in [-0.39, 0.29) is 5.97 Å². The van der Waals surface area contributed by atoms with Gasteiger partial charge in [-0.2, -0.15) is 0 Å². The molecule has 5 heteroatoms. The second-order valence-electron chi connectivity index (χ2n) is 5.52. The Kier molecular flexibility index (Phi) is 4.02. The molecule has 118 valence electrons. The molecule has 0 saturated carbocycles. The molecule has 23 heavy (non-hydrogen) atoms. The van der Waals surface area contributed by atoms with Crippen molar-refractivity contribution in [2.75, 3.05) is 12.3 Å². The van der Waals surface area contributed by atoms with Gasteiger partial charge in [0, 0.05) is 11.3 Å². The smallest absolute Gasteiger partial charge is 0.338 e. The molecule has 5 nitrogen and oxygen atoms in total. The molecule has 0 bridgehead atoms. The number of imidazole rings is 1. The van der Waals surface area contributed by atoms with Crippen LogP contribution in [-0.4, -0.2) is 22.5 Å². The van der Waals surface area contributed by atoms with Crippen molar-refractivity contribution in [2.45, 2.75) is 20.3 Å². The second kappa shape index (κ2) is 6.12. The van der Waals surface area contributed by atoms with Gasteiger partial charge in [0.2, 0.25) is 0 Å². The average molecular weight is 309 g/mol. The molecule has 0 amide bonds. The molecule has 0 saturated heterocycles. The molecule has 3 N–H and O–H groups in total. The summed E-state index contributed by atoms with van der Waals surface area (Å²) < 4.78 is 5.12. The van der Waals surface area contributed by atoms with Crippen molar-refractivity contribution in [3.05, 3.63) is 47.5 Å². The van der Waals surface area contributed by atoms with Crippen molar-refractivity contribution < 1.29 is 9.53 Å². The summed E-state index contributed by atoms with van der Waals surface area (Å²) in [5.41, 5.74) is 10.9. The van der Waals surface area contributed by atoms with Crippen LogP contribution in [-0.2, 0) is 4.74 Å². The van der Waals surface area contributed by atoms with Gasteiger partial charge in [0.25, 0.3) is 0 Å². The molecule has 3 aromatic rings. The first kappa shape index (κ1) is 15.1. The molecule has 3 rings (SSSR count). The van der Waals surface area contributed by atoms with Gasteiger partial charge >= 0.3 is 5.97 Å². The van der Waals surface area contributed by atoms with Crippen LogP contribution in [0.3, 0.4) is 0 Å². The lowest BCUT2D eigenvalue weighted by Gasteiger charge is -2.03. The summed E-state index contributed by atoms with van der Waals surface area (Å²) in [5, 5.41) is 0. The van der Waals surface area contributed by atoms with Crippen LogP contribution < -0.4 is 5.73 Å².